The first-order valence-corrected chi connectivity index (χ1v) is 5.05. The predicted molar refractivity (Wildman–Crippen MR) is 52.5 cm³/mol. The second kappa shape index (κ2) is 5.30. The molecular weight excluding hydrogens is 170 g/mol. The Balaban J connectivity index is 2.11. The van der Waals surface area contributed by atoms with E-state index < -0.39 is 0 Å². The molecule has 0 saturated heterocycles. The molecule has 0 bridgehead atoms. The van der Waals surface area contributed by atoms with Crippen molar-refractivity contribution in [3.8, 4) is 0 Å². The quantitative estimate of drug-likeness (QED) is 0.757. The maximum atomic E-state index is 5.45. The Morgan fingerprint density at radius 3 is 3.08 bits per heavy atom. The lowest BCUT2D eigenvalue weighted by molar-refractivity contribution is 0.0747. The van der Waals surface area contributed by atoms with Crippen LogP contribution in [0.2, 0.25) is 0 Å². The highest BCUT2D eigenvalue weighted by Crippen LogP contribution is 2.09. The van der Waals surface area contributed by atoms with Gasteiger partial charge in [-0.05, 0) is 18.4 Å². The van der Waals surface area contributed by atoms with Crippen LogP contribution in [-0.4, -0.2) is 19.3 Å². The van der Waals surface area contributed by atoms with Crippen molar-refractivity contribution < 1.29 is 4.74 Å². The van der Waals surface area contributed by atoms with Gasteiger partial charge in [0.1, 0.15) is 0 Å². The summed E-state index contributed by atoms with van der Waals surface area (Å²) < 4.78 is 5.45. The second-order valence-corrected chi connectivity index (χ2v) is 3.78. The zero-order valence-corrected chi connectivity index (χ0v) is 8.14. The molecule has 1 rings (SSSR count). The minimum atomic E-state index is 0.185. The first kappa shape index (κ1) is 9.71. The summed E-state index contributed by atoms with van der Waals surface area (Å²) in [7, 11) is 0. The van der Waals surface area contributed by atoms with Crippen molar-refractivity contribution in [1.29, 1.82) is 0 Å². The molecule has 1 atom stereocenters. The van der Waals surface area contributed by atoms with Crippen LogP contribution in [0.1, 0.15) is 11.8 Å². The average molecular weight is 185 g/mol. The Kier molecular flexibility index (Phi) is 4.29. The van der Waals surface area contributed by atoms with Crippen LogP contribution in [0, 0.1) is 0 Å². The minimum Gasteiger partial charge on any atom is -0.377 e. The summed E-state index contributed by atoms with van der Waals surface area (Å²) in [4.78, 5) is 1.37. The fourth-order valence-electron chi connectivity index (χ4n) is 0.884. The molecule has 3 heteroatoms. The van der Waals surface area contributed by atoms with Crippen molar-refractivity contribution in [3.05, 3.63) is 22.4 Å². The number of rotatable bonds is 5. The normalized spacial score (nSPS) is 13.2. The molecule has 0 aliphatic carbocycles. The molecule has 1 heterocycles. The summed E-state index contributed by atoms with van der Waals surface area (Å²) in [6.07, 6.45) is 1.19. The Bertz CT molecular complexity index is 198. The molecule has 68 valence electrons. The maximum Gasteiger partial charge on any atom is 0.0669 e. The van der Waals surface area contributed by atoms with E-state index in [0.29, 0.717) is 6.54 Å². The monoisotopic (exact) mass is 185 g/mol. The smallest absolute Gasteiger partial charge is 0.0669 e. The molecule has 12 heavy (non-hydrogen) atoms. The summed E-state index contributed by atoms with van der Waals surface area (Å²) in [5.41, 5.74) is 5.41. The molecule has 1 aromatic rings. The van der Waals surface area contributed by atoms with Crippen LogP contribution in [0.25, 0.3) is 0 Å². The molecule has 0 amide bonds. The van der Waals surface area contributed by atoms with Crippen molar-refractivity contribution in [1.82, 2.24) is 0 Å². The fourth-order valence-corrected chi connectivity index (χ4v) is 1.57. The lowest BCUT2D eigenvalue weighted by atomic mass is 10.3. The number of thiophene rings is 1. The van der Waals surface area contributed by atoms with Gasteiger partial charge in [-0.1, -0.05) is 6.07 Å². The van der Waals surface area contributed by atoms with Gasteiger partial charge in [0.05, 0.1) is 12.7 Å². The van der Waals surface area contributed by atoms with Gasteiger partial charge in [0.2, 0.25) is 0 Å². The largest absolute Gasteiger partial charge is 0.377 e. The van der Waals surface area contributed by atoms with Crippen LogP contribution in [0.5, 0.6) is 0 Å². The highest BCUT2D eigenvalue weighted by atomic mass is 32.1. The highest BCUT2D eigenvalue weighted by molar-refractivity contribution is 7.09. The lowest BCUT2D eigenvalue weighted by Crippen LogP contribution is -2.20. The predicted octanol–water partition coefficient (Wildman–Crippen LogP) is 1.65. The minimum absolute atomic E-state index is 0.185. The van der Waals surface area contributed by atoms with Crippen molar-refractivity contribution >= 4 is 11.3 Å². The fraction of sp³-hybridized carbons (Fsp3) is 0.556. The van der Waals surface area contributed by atoms with E-state index in [9.17, 15) is 0 Å². The van der Waals surface area contributed by atoms with Crippen molar-refractivity contribution in [2.45, 2.75) is 19.4 Å². The third kappa shape index (κ3) is 3.34. The number of ether oxygens (including phenoxy) is 1. The molecular formula is C9H15NOS. The summed E-state index contributed by atoms with van der Waals surface area (Å²) in [5.74, 6) is 0. The van der Waals surface area contributed by atoms with Gasteiger partial charge in [-0.15, -0.1) is 11.3 Å². The zero-order chi connectivity index (χ0) is 8.81. The molecule has 0 spiro atoms. The lowest BCUT2D eigenvalue weighted by Gasteiger charge is -2.08. The highest BCUT2D eigenvalue weighted by Gasteiger charge is 1.98. The van der Waals surface area contributed by atoms with Gasteiger partial charge < -0.3 is 10.5 Å². The summed E-state index contributed by atoms with van der Waals surface area (Å²) in [6.45, 7) is 3.37. The van der Waals surface area contributed by atoms with Crippen molar-refractivity contribution in [3.63, 3.8) is 0 Å². The molecule has 1 aromatic heterocycles. The Hall–Kier alpha value is -0.380. The van der Waals surface area contributed by atoms with E-state index in [2.05, 4.69) is 17.5 Å². The molecule has 0 aromatic carbocycles. The van der Waals surface area contributed by atoms with Crippen LogP contribution in [0.4, 0.5) is 0 Å². The summed E-state index contributed by atoms with van der Waals surface area (Å²) >= 11 is 1.77. The van der Waals surface area contributed by atoms with E-state index in [-0.39, 0.29) is 6.10 Å². The Labute approximate surface area is 77.3 Å². The average Bonchev–Trinajstić information content (AvgIpc) is 2.57. The van der Waals surface area contributed by atoms with E-state index in [1.807, 2.05) is 6.92 Å². The summed E-state index contributed by atoms with van der Waals surface area (Å²) in [5, 5.41) is 2.09. The van der Waals surface area contributed by atoms with Gasteiger partial charge >= 0.3 is 0 Å². The van der Waals surface area contributed by atoms with E-state index in [1.54, 1.807) is 11.3 Å². The summed E-state index contributed by atoms with van der Waals surface area (Å²) in [6, 6.07) is 4.19. The first-order chi connectivity index (χ1) is 5.83. The molecule has 0 radical (unpaired) electrons. The molecule has 1 unspecified atom stereocenters. The van der Waals surface area contributed by atoms with Gasteiger partial charge in [0.25, 0.3) is 0 Å². The van der Waals surface area contributed by atoms with Crippen molar-refractivity contribution in [2.75, 3.05) is 13.2 Å². The van der Waals surface area contributed by atoms with Crippen LogP contribution in [0.3, 0.4) is 0 Å². The molecule has 0 saturated carbocycles. The van der Waals surface area contributed by atoms with Gasteiger partial charge in [0, 0.05) is 17.8 Å². The van der Waals surface area contributed by atoms with Crippen LogP contribution < -0.4 is 5.73 Å². The third-order valence-corrected chi connectivity index (χ3v) is 2.60. The van der Waals surface area contributed by atoms with Crippen LogP contribution in [0.15, 0.2) is 17.5 Å². The van der Waals surface area contributed by atoms with E-state index >= 15 is 0 Å². The Morgan fingerprint density at radius 1 is 1.67 bits per heavy atom. The molecule has 0 aliphatic rings. The molecule has 2 N–H and O–H groups in total. The van der Waals surface area contributed by atoms with Gasteiger partial charge in [-0.2, -0.15) is 0 Å². The van der Waals surface area contributed by atoms with E-state index in [0.717, 1.165) is 13.0 Å². The van der Waals surface area contributed by atoms with Gasteiger partial charge in [0.15, 0.2) is 0 Å². The standard InChI is InChI=1S/C9H15NOS/c1-8(7-10)11-5-4-9-3-2-6-12-9/h2-3,6,8H,4-5,7,10H2,1H3. The van der Waals surface area contributed by atoms with E-state index in [4.69, 9.17) is 10.5 Å². The number of hydrogen-bond acceptors (Lipinski definition) is 3. The molecule has 0 fully saturated rings. The molecule has 2 nitrogen and oxygen atoms in total. The number of nitrogens with two attached hydrogens (primary N) is 1. The van der Waals surface area contributed by atoms with Crippen LogP contribution >= 0.6 is 11.3 Å². The topological polar surface area (TPSA) is 35.2 Å². The molecule has 0 aliphatic heterocycles. The van der Waals surface area contributed by atoms with Crippen molar-refractivity contribution in [2.24, 2.45) is 5.73 Å². The maximum absolute atomic E-state index is 5.45. The third-order valence-electron chi connectivity index (χ3n) is 1.66. The zero-order valence-electron chi connectivity index (χ0n) is 7.32. The number of hydrogen-bond donors (Lipinski definition) is 1. The van der Waals surface area contributed by atoms with Crippen LogP contribution in [-0.2, 0) is 11.2 Å². The Morgan fingerprint density at radius 2 is 2.50 bits per heavy atom. The second-order valence-electron chi connectivity index (χ2n) is 2.75. The van der Waals surface area contributed by atoms with Gasteiger partial charge in [-0.3, -0.25) is 0 Å². The first-order valence-electron chi connectivity index (χ1n) is 4.17. The SMILES string of the molecule is CC(CN)OCCc1cccs1. The van der Waals surface area contributed by atoms with Gasteiger partial charge in [-0.25, -0.2) is 0 Å². The van der Waals surface area contributed by atoms with E-state index in [1.165, 1.54) is 4.88 Å².